The SMILES string of the molecule is CCNC(Cc1ccc(Cl)cc1)c1ccc(C)cc1C. The van der Waals surface area contributed by atoms with Crippen LogP contribution in [0.15, 0.2) is 42.5 Å². The van der Waals surface area contributed by atoms with Gasteiger partial charge in [-0.2, -0.15) is 0 Å². The van der Waals surface area contributed by atoms with Gasteiger partial charge in [0.05, 0.1) is 0 Å². The lowest BCUT2D eigenvalue weighted by molar-refractivity contribution is 0.547. The van der Waals surface area contributed by atoms with Crippen LogP contribution >= 0.6 is 11.6 Å². The summed E-state index contributed by atoms with van der Waals surface area (Å²) in [6, 6.07) is 15.2. The predicted octanol–water partition coefficient (Wildman–Crippen LogP) is 4.85. The summed E-state index contributed by atoms with van der Waals surface area (Å²) < 4.78 is 0. The molecule has 0 aromatic heterocycles. The molecule has 0 radical (unpaired) electrons. The van der Waals surface area contributed by atoms with Crippen LogP contribution in [0.25, 0.3) is 0 Å². The Bertz CT molecular complexity index is 560. The van der Waals surface area contributed by atoms with Crippen molar-refractivity contribution < 1.29 is 0 Å². The fraction of sp³-hybridized carbons (Fsp3) is 0.333. The van der Waals surface area contributed by atoms with Gasteiger partial charge in [0.15, 0.2) is 0 Å². The standard InChI is InChI=1S/C18H22ClN/c1-4-20-18(12-15-6-8-16(19)9-7-15)17-10-5-13(2)11-14(17)3/h5-11,18,20H,4,12H2,1-3H3. The molecular formula is C18H22ClN. The largest absolute Gasteiger partial charge is 0.310 e. The van der Waals surface area contributed by atoms with E-state index in [-0.39, 0.29) is 0 Å². The molecule has 0 aliphatic carbocycles. The van der Waals surface area contributed by atoms with Crippen LogP contribution in [0.2, 0.25) is 5.02 Å². The zero-order chi connectivity index (χ0) is 14.5. The van der Waals surface area contributed by atoms with Crippen LogP contribution in [0.5, 0.6) is 0 Å². The van der Waals surface area contributed by atoms with Gasteiger partial charge in [0, 0.05) is 11.1 Å². The third-order valence-electron chi connectivity index (χ3n) is 3.60. The molecule has 0 spiro atoms. The summed E-state index contributed by atoms with van der Waals surface area (Å²) in [7, 11) is 0. The monoisotopic (exact) mass is 287 g/mol. The minimum absolute atomic E-state index is 0.349. The summed E-state index contributed by atoms with van der Waals surface area (Å²) in [5.41, 5.74) is 5.35. The van der Waals surface area contributed by atoms with E-state index >= 15 is 0 Å². The van der Waals surface area contributed by atoms with E-state index in [4.69, 9.17) is 11.6 Å². The highest BCUT2D eigenvalue weighted by Crippen LogP contribution is 2.23. The molecule has 0 heterocycles. The zero-order valence-corrected chi connectivity index (χ0v) is 13.2. The van der Waals surface area contributed by atoms with Crippen LogP contribution in [0.4, 0.5) is 0 Å². The van der Waals surface area contributed by atoms with Crippen molar-refractivity contribution in [2.45, 2.75) is 33.2 Å². The van der Waals surface area contributed by atoms with E-state index < -0.39 is 0 Å². The highest BCUT2D eigenvalue weighted by molar-refractivity contribution is 6.30. The van der Waals surface area contributed by atoms with Crippen molar-refractivity contribution in [2.24, 2.45) is 0 Å². The minimum atomic E-state index is 0.349. The molecule has 1 nitrogen and oxygen atoms in total. The van der Waals surface area contributed by atoms with Gasteiger partial charge in [0.25, 0.3) is 0 Å². The Morgan fingerprint density at radius 3 is 2.35 bits per heavy atom. The second-order valence-corrected chi connectivity index (χ2v) is 5.74. The van der Waals surface area contributed by atoms with Crippen LogP contribution in [0, 0.1) is 13.8 Å². The van der Waals surface area contributed by atoms with Crippen molar-refractivity contribution in [3.05, 3.63) is 69.7 Å². The summed E-state index contributed by atoms with van der Waals surface area (Å²) >= 11 is 5.95. The van der Waals surface area contributed by atoms with Crippen molar-refractivity contribution in [3.8, 4) is 0 Å². The lowest BCUT2D eigenvalue weighted by atomic mass is 9.94. The number of benzene rings is 2. The molecule has 1 N–H and O–H groups in total. The minimum Gasteiger partial charge on any atom is -0.310 e. The van der Waals surface area contributed by atoms with E-state index in [9.17, 15) is 0 Å². The number of likely N-dealkylation sites (N-methyl/N-ethyl adjacent to an activating group) is 1. The molecule has 0 aliphatic heterocycles. The molecule has 20 heavy (non-hydrogen) atoms. The first-order valence-electron chi connectivity index (χ1n) is 7.15. The van der Waals surface area contributed by atoms with Gasteiger partial charge in [-0.3, -0.25) is 0 Å². The molecule has 0 saturated heterocycles. The molecule has 2 rings (SSSR count). The topological polar surface area (TPSA) is 12.0 Å². The van der Waals surface area contributed by atoms with Gasteiger partial charge in [-0.1, -0.05) is 54.4 Å². The van der Waals surface area contributed by atoms with Crippen molar-refractivity contribution >= 4 is 11.6 Å². The molecule has 0 bridgehead atoms. The maximum absolute atomic E-state index is 5.95. The van der Waals surface area contributed by atoms with Gasteiger partial charge in [0.2, 0.25) is 0 Å². The van der Waals surface area contributed by atoms with E-state index in [1.54, 1.807) is 0 Å². The van der Waals surface area contributed by atoms with Crippen LogP contribution in [0.3, 0.4) is 0 Å². The molecule has 2 aromatic carbocycles. The summed E-state index contributed by atoms with van der Waals surface area (Å²) in [4.78, 5) is 0. The molecule has 1 unspecified atom stereocenters. The van der Waals surface area contributed by atoms with Gasteiger partial charge in [0.1, 0.15) is 0 Å². The predicted molar refractivity (Wildman–Crippen MR) is 87.5 cm³/mol. The maximum Gasteiger partial charge on any atom is 0.0406 e. The van der Waals surface area contributed by atoms with E-state index in [0.717, 1.165) is 18.0 Å². The second kappa shape index (κ2) is 6.92. The zero-order valence-electron chi connectivity index (χ0n) is 12.4. The number of aryl methyl sites for hydroxylation is 2. The Balaban J connectivity index is 2.24. The molecule has 0 amide bonds. The van der Waals surface area contributed by atoms with Crippen LogP contribution < -0.4 is 5.32 Å². The molecule has 0 saturated carbocycles. The lowest BCUT2D eigenvalue weighted by Gasteiger charge is -2.21. The van der Waals surface area contributed by atoms with E-state index in [0.29, 0.717) is 6.04 Å². The summed E-state index contributed by atoms with van der Waals surface area (Å²) in [5.74, 6) is 0. The number of rotatable bonds is 5. The number of hydrogen-bond donors (Lipinski definition) is 1. The van der Waals surface area contributed by atoms with Gasteiger partial charge in [-0.05, 0) is 55.6 Å². The molecule has 2 heteroatoms. The highest BCUT2D eigenvalue weighted by atomic mass is 35.5. The Morgan fingerprint density at radius 1 is 1.05 bits per heavy atom. The van der Waals surface area contributed by atoms with Crippen molar-refractivity contribution in [1.29, 1.82) is 0 Å². The Kier molecular flexibility index (Phi) is 5.22. The first kappa shape index (κ1) is 15.1. The number of hydrogen-bond acceptors (Lipinski definition) is 1. The highest BCUT2D eigenvalue weighted by Gasteiger charge is 2.13. The second-order valence-electron chi connectivity index (χ2n) is 5.30. The van der Waals surface area contributed by atoms with Gasteiger partial charge < -0.3 is 5.32 Å². The van der Waals surface area contributed by atoms with E-state index in [1.807, 2.05) is 12.1 Å². The average Bonchev–Trinajstić information content (AvgIpc) is 2.41. The molecule has 106 valence electrons. The summed E-state index contributed by atoms with van der Waals surface area (Å²) in [6.07, 6.45) is 0.981. The third-order valence-corrected chi connectivity index (χ3v) is 3.86. The quantitative estimate of drug-likeness (QED) is 0.829. The van der Waals surface area contributed by atoms with E-state index in [1.165, 1.54) is 22.3 Å². The van der Waals surface area contributed by atoms with Crippen molar-refractivity contribution in [1.82, 2.24) is 5.32 Å². The van der Waals surface area contributed by atoms with Crippen LogP contribution in [-0.2, 0) is 6.42 Å². The Labute approximate surface area is 127 Å². The molecular weight excluding hydrogens is 266 g/mol. The summed E-state index contributed by atoms with van der Waals surface area (Å²) in [5, 5.41) is 4.38. The summed E-state index contributed by atoms with van der Waals surface area (Å²) in [6.45, 7) is 7.44. The average molecular weight is 288 g/mol. The Hall–Kier alpha value is -1.31. The van der Waals surface area contributed by atoms with Crippen molar-refractivity contribution in [2.75, 3.05) is 6.54 Å². The molecule has 2 aromatic rings. The first-order chi connectivity index (χ1) is 9.60. The third kappa shape index (κ3) is 3.84. The van der Waals surface area contributed by atoms with Crippen LogP contribution in [0.1, 0.15) is 35.2 Å². The first-order valence-corrected chi connectivity index (χ1v) is 7.53. The fourth-order valence-electron chi connectivity index (χ4n) is 2.61. The lowest BCUT2D eigenvalue weighted by Crippen LogP contribution is -2.23. The molecule has 0 aliphatic rings. The normalized spacial score (nSPS) is 12.4. The van der Waals surface area contributed by atoms with Gasteiger partial charge >= 0.3 is 0 Å². The number of nitrogens with one attached hydrogen (secondary N) is 1. The van der Waals surface area contributed by atoms with Crippen LogP contribution in [-0.4, -0.2) is 6.54 Å². The van der Waals surface area contributed by atoms with Gasteiger partial charge in [-0.25, -0.2) is 0 Å². The van der Waals surface area contributed by atoms with Gasteiger partial charge in [-0.15, -0.1) is 0 Å². The number of halogens is 1. The fourth-order valence-corrected chi connectivity index (χ4v) is 2.74. The Morgan fingerprint density at radius 2 is 1.75 bits per heavy atom. The maximum atomic E-state index is 5.95. The molecule has 0 fully saturated rings. The molecule has 1 atom stereocenters. The van der Waals surface area contributed by atoms with E-state index in [2.05, 4.69) is 56.4 Å². The van der Waals surface area contributed by atoms with Crippen molar-refractivity contribution in [3.63, 3.8) is 0 Å². The smallest absolute Gasteiger partial charge is 0.0406 e.